The SMILES string of the molecule is CN=C(NCCc1ccccn1)NCCc1c[nH]c2ccccc12.I. The number of fused-ring (bicyclic) bond motifs is 1. The molecular formula is C19H24IN5. The lowest BCUT2D eigenvalue weighted by Gasteiger charge is -2.11. The van der Waals surface area contributed by atoms with Crippen LogP contribution in [0.1, 0.15) is 11.3 Å². The van der Waals surface area contributed by atoms with Crippen LogP contribution in [0, 0.1) is 0 Å². The Morgan fingerprint density at radius 2 is 1.80 bits per heavy atom. The van der Waals surface area contributed by atoms with E-state index < -0.39 is 0 Å². The zero-order valence-corrected chi connectivity index (χ0v) is 16.7. The molecule has 0 amide bonds. The molecule has 2 aromatic heterocycles. The fraction of sp³-hybridized carbons (Fsp3) is 0.263. The van der Waals surface area contributed by atoms with E-state index in [1.54, 1.807) is 7.05 Å². The lowest BCUT2D eigenvalue weighted by Crippen LogP contribution is -2.39. The predicted octanol–water partition coefficient (Wildman–Crippen LogP) is 3.13. The summed E-state index contributed by atoms with van der Waals surface area (Å²) in [6.45, 7) is 1.65. The van der Waals surface area contributed by atoms with Crippen LogP contribution in [0.3, 0.4) is 0 Å². The first-order chi connectivity index (χ1) is 11.9. The molecule has 5 nitrogen and oxygen atoms in total. The Morgan fingerprint density at radius 1 is 1.04 bits per heavy atom. The third kappa shape index (κ3) is 5.45. The summed E-state index contributed by atoms with van der Waals surface area (Å²) >= 11 is 0. The van der Waals surface area contributed by atoms with E-state index >= 15 is 0 Å². The highest BCUT2D eigenvalue weighted by molar-refractivity contribution is 14.0. The molecule has 0 fully saturated rings. The summed E-state index contributed by atoms with van der Waals surface area (Å²) in [4.78, 5) is 11.9. The molecule has 0 aliphatic heterocycles. The van der Waals surface area contributed by atoms with Crippen LogP contribution in [-0.2, 0) is 12.8 Å². The van der Waals surface area contributed by atoms with Crippen molar-refractivity contribution in [3.05, 3.63) is 66.1 Å². The van der Waals surface area contributed by atoms with Crippen molar-refractivity contribution in [3.8, 4) is 0 Å². The maximum atomic E-state index is 4.32. The Labute approximate surface area is 165 Å². The van der Waals surface area contributed by atoms with Gasteiger partial charge in [0, 0.05) is 55.5 Å². The monoisotopic (exact) mass is 449 g/mol. The van der Waals surface area contributed by atoms with Gasteiger partial charge in [0.05, 0.1) is 0 Å². The zero-order chi connectivity index (χ0) is 16.6. The number of rotatable bonds is 6. The molecule has 3 aromatic rings. The van der Waals surface area contributed by atoms with Gasteiger partial charge in [-0.1, -0.05) is 24.3 Å². The van der Waals surface area contributed by atoms with E-state index in [1.165, 1.54) is 16.5 Å². The fourth-order valence-corrected chi connectivity index (χ4v) is 2.73. The van der Waals surface area contributed by atoms with Gasteiger partial charge in [-0.3, -0.25) is 9.98 Å². The second-order valence-electron chi connectivity index (χ2n) is 5.61. The van der Waals surface area contributed by atoms with Gasteiger partial charge in [-0.2, -0.15) is 0 Å². The first-order valence-electron chi connectivity index (χ1n) is 8.26. The van der Waals surface area contributed by atoms with E-state index in [2.05, 4.69) is 50.0 Å². The van der Waals surface area contributed by atoms with Crippen LogP contribution in [-0.4, -0.2) is 36.1 Å². The lowest BCUT2D eigenvalue weighted by molar-refractivity contribution is 0.777. The molecule has 0 unspecified atom stereocenters. The van der Waals surface area contributed by atoms with Gasteiger partial charge in [0.1, 0.15) is 0 Å². The second kappa shape index (κ2) is 10.0. The van der Waals surface area contributed by atoms with E-state index in [-0.39, 0.29) is 24.0 Å². The molecule has 132 valence electrons. The molecule has 2 heterocycles. The van der Waals surface area contributed by atoms with Crippen molar-refractivity contribution in [2.24, 2.45) is 4.99 Å². The average molecular weight is 449 g/mol. The van der Waals surface area contributed by atoms with Crippen molar-refractivity contribution in [1.82, 2.24) is 20.6 Å². The molecule has 6 heteroatoms. The molecule has 0 spiro atoms. The van der Waals surface area contributed by atoms with Gasteiger partial charge in [-0.05, 0) is 30.2 Å². The number of para-hydroxylation sites is 1. The maximum Gasteiger partial charge on any atom is 0.190 e. The Hall–Kier alpha value is -2.09. The Morgan fingerprint density at radius 3 is 2.56 bits per heavy atom. The number of halogens is 1. The standard InChI is InChI=1S/C19H23N5.HI/c1-20-19(23-13-10-16-6-4-5-11-21-16)22-12-9-15-14-24-18-8-3-2-7-17(15)18;/h2-8,11,14,24H,9-10,12-13H2,1H3,(H2,20,22,23);1H. The number of nitrogens with zero attached hydrogens (tertiary/aromatic N) is 2. The third-order valence-electron chi connectivity index (χ3n) is 3.99. The number of benzene rings is 1. The molecule has 1 aromatic carbocycles. The summed E-state index contributed by atoms with van der Waals surface area (Å²) in [5, 5.41) is 7.98. The Kier molecular flexibility index (Phi) is 7.72. The van der Waals surface area contributed by atoms with Crippen LogP contribution in [0.5, 0.6) is 0 Å². The number of aliphatic imine (C=N–C) groups is 1. The van der Waals surface area contributed by atoms with Crippen molar-refractivity contribution >= 4 is 40.8 Å². The first-order valence-corrected chi connectivity index (χ1v) is 8.26. The molecule has 0 atom stereocenters. The van der Waals surface area contributed by atoms with Crippen LogP contribution in [0.2, 0.25) is 0 Å². The highest BCUT2D eigenvalue weighted by atomic mass is 127. The Balaban J connectivity index is 0.00000225. The fourth-order valence-electron chi connectivity index (χ4n) is 2.73. The average Bonchev–Trinajstić information content (AvgIpc) is 3.04. The van der Waals surface area contributed by atoms with Gasteiger partial charge >= 0.3 is 0 Å². The molecule has 25 heavy (non-hydrogen) atoms. The van der Waals surface area contributed by atoms with Crippen molar-refractivity contribution in [2.45, 2.75) is 12.8 Å². The summed E-state index contributed by atoms with van der Waals surface area (Å²) < 4.78 is 0. The van der Waals surface area contributed by atoms with Gasteiger partial charge in [0.2, 0.25) is 0 Å². The predicted molar refractivity (Wildman–Crippen MR) is 115 cm³/mol. The van der Waals surface area contributed by atoms with E-state index in [0.29, 0.717) is 0 Å². The normalized spacial score (nSPS) is 11.2. The van der Waals surface area contributed by atoms with Crippen molar-refractivity contribution in [1.29, 1.82) is 0 Å². The van der Waals surface area contributed by atoms with Crippen LogP contribution in [0.4, 0.5) is 0 Å². The maximum absolute atomic E-state index is 4.32. The van der Waals surface area contributed by atoms with Crippen LogP contribution in [0.15, 0.2) is 59.9 Å². The molecule has 0 saturated heterocycles. The van der Waals surface area contributed by atoms with Crippen LogP contribution >= 0.6 is 24.0 Å². The number of pyridine rings is 1. The summed E-state index contributed by atoms with van der Waals surface area (Å²) in [6.07, 6.45) is 5.74. The first kappa shape index (κ1) is 19.2. The minimum atomic E-state index is 0. The number of aromatic nitrogens is 2. The van der Waals surface area contributed by atoms with E-state index in [9.17, 15) is 0 Å². The smallest absolute Gasteiger partial charge is 0.190 e. The molecular weight excluding hydrogens is 425 g/mol. The third-order valence-corrected chi connectivity index (χ3v) is 3.99. The van der Waals surface area contributed by atoms with E-state index in [4.69, 9.17) is 0 Å². The van der Waals surface area contributed by atoms with Crippen LogP contribution < -0.4 is 10.6 Å². The van der Waals surface area contributed by atoms with Crippen molar-refractivity contribution < 1.29 is 0 Å². The minimum Gasteiger partial charge on any atom is -0.361 e. The highest BCUT2D eigenvalue weighted by Gasteiger charge is 2.03. The van der Waals surface area contributed by atoms with E-state index in [0.717, 1.165) is 37.6 Å². The second-order valence-corrected chi connectivity index (χ2v) is 5.61. The van der Waals surface area contributed by atoms with Gasteiger partial charge in [0.25, 0.3) is 0 Å². The molecule has 0 radical (unpaired) electrons. The lowest BCUT2D eigenvalue weighted by atomic mass is 10.1. The van der Waals surface area contributed by atoms with Gasteiger partial charge in [-0.15, -0.1) is 24.0 Å². The molecule has 0 aliphatic carbocycles. The number of hydrogen-bond donors (Lipinski definition) is 3. The summed E-state index contributed by atoms with van der Waals surface area (Å²) in [5.41, 5.74) is 3.59. The van der Waals surface area contributed by atoms with E-state index in [1.807, 2.05) is 30.5 Å². The number of hydrogen-bond acceptors (Lipinski definition) is 2. The van der Waals surface area contributed by atoms with Gasteiger partial charge < -0.3 is 15.6 Å². The summed E-state index contributed by atoms with van der Waals surface area (Å²) in [6, 6.07) is 14.4. The summed E-state index contributed by atoms with van der Waals surface area (Å²) in [7, 11) is 1.79. The van der Waals surface area contributed by atoms with Gasteiger partial charge in [-0.25, -0.2) is 0 Å². The summed E-state index contributed by atoms with van der Waals surface area (Å²) in [5.74, 6) is 0.825. The quantitative estimate of drug-likeness (QED) is 0.308. The number of H-pyrrole nitrogens is 1. The molecule has 0 bridgehead atoms. The number of aromatic amines is 1. The highest BCUT2D eigenvalue weighted by Crippen LogP contribution is 2.17. The topological polar surface area (TPSA) is 65.1 Å². The zero-order valence-electron chi connectivity index (χ0n) is 14.3. The molecule has 0 saturated carbocycles. The number of guanidine groups is 1. The Bertz CT molecular complexity index is 798. The number of nitrogens with one attached hydrogen (secondary N) is 3. The van der Waals surface area contributed by atoms with Crippen LogP contribution in [0.25, 0.3) is 10.9 Å². The largest absolute Gasteiger partial charge is 0.361 e. The molecule has 0 aliphatic rings. The van der Waals surface area contributed by atoms with Crippen molar-refractivity contribution in [2.75, 3.05) is 20.1 Å². The molecule has 3 rings (SSSR count). The van der Waals surface area contributed by atoms with Gasteiger partial charge in [0.15, 0.2) is 5.96 Å². The minimum absolute atomic E-state index is 0. The van der Waals surface area contributed by atoms with Crippen molar-refractivity contribution in [3.63, 3.8) is 0 Å². The molecule has 3 N–H and O–H groups in total.